The lowest BCUT2D eigenvalue weighted by Crippen LogP contribution is -2.02. The van der Waals surface area contributed by atoms with Crippen molar-refractivity contribution in [3.63, 3.8) is 0 Å². The maximum absolute atomic E-state index is 9.12. The van der Waals surface area contributed by atoms with Gasteiger partial charge in [-0.25, -0.2) is 4.98 Å². The molecule has 3 aromatic carbocycles. The summed E-state index contributed by atoms with van der Waals surface area (Å²) in [7, 11) is 1.59. The van der Waals surface area contributed by atoms with Crippen molar-refractivity contribution in [2.45, 2.75) is 0 Å². The highest BCUT2D eigenvalue weighted by Crippen LogP contribution is 2.33. The van der Waals surface area contributed by atoms with E-state index in [-0.39, 0.29) is 5.95 Å². The van der Waals surface area contributed by atoms with Crippen LogP contribution in [0.2, 0.25) is 0 Å². The van der Waals surface area contributed by atoms with Gasteiger partial charge < -0.3 is 20.2 Å². The number of methoxy groups -OCH3 is 1. The summed E-state index contributed by atoms with van der Waals surface area (Å²) in [5.74, 6) is 1.81. The Hall–Kier alpha value is -5.10. The summed E-state index contributed by atoms with van der Waals surface area (Å²) in [6, 6.07) is 22.9. The molecule has 0 unspecified atom stereocenters. The minimum Gasteiger partial charge on any atom is -0.496 e. The van der Waals surface area contributed by atoms with Gasteiger partial charge >= 0.3 is 0 Å². The van der Waals surface area contributed by atoms with Gasteiger partial charge in [-0.1, -0.05) is 24.3 Å². The molecule has 0 amide bonds. The number of oxazole rings is 1. The van der Waals surface area contributed by atoms with Gasteiger partial charge in [0.05, 0.1) is 36.2 Å². The monoisotopic (exact) mass is 449 g/mol. The lowest BCUT2D eigenvalue weighted by atomic mass is 10.0. The number of anilines is 3. The molecule has 0 aliphatic rings. The van der Waals surface area contributed by atoms with E-state index in [1.54, 1.807) is 24.1 Å². The molecule has 0 aliphatic carbocycles. The van der Waals surface area contributed by atoms with Gasteiger partial charge in [-0.15, -0.1) is 5.10 Å². The molecule has 166 valence electrons. The van der Waals surface area contributed by atoms with Crippen molar-refractivity contribution < 1.29 is 9.15 Å². The summed E-state index contributed by atoms with van der Waals surface area (Å²) in [6.07, 6.45) is 3.00. The van der Waals surface area contributed by atoms with Crippen LogP contribution >= 0.6 is 0 Å². The van der Waals surface area contributed by atoms with Gasteiger partial charge in [0.1, 0.15) is 5.75 Å². The van der Waals surface area contributed by atoms with E-state index in [1.807, 2.05) is 60.7 Å². The van der Waals surface area contributed by atoms with Gasteiger partial charge in [-0.3, -0.25) is 0 Å². The van der Waals surface area contributed by atoms with Crippen LogP contribution in [0.15, 0.2) is 83.7 Å². The normalized spacial score (nSPS) is 10.6. The average Bonchev–Trinajstić information content (AvgIpc) is 3.54. The summed E-state index contributed by atoms with van der Waals surface area (Å²) in [4.78, 5) is 8.27. The van der Waals surface area contributed by atoms with Gasteiger partial charge in [-0.2, -0.15) is 14.9 Å². The molecule has 0 spiro atoms. The fourth-order valence-corrected chi connectivity index (χ4v) is 3.58. The number of nitriles is 1. The molecule has 34 heavy (non-hydrogen) atoms. The molecule has 0 fully saturated rings. The Morgan fingerprint density at radius 1 is 1.06 bits per heavy atom. The molecular weight excluding hydrogens is 430 g/mol. The maximum Gasteiger partial charge on any atom is 0.248 e. The zero-order chi connectivity index (χ0) is 23.5. The lowest BCUT2D eigenvalue weighted by molar-refractivity contribution is 0.415. The summed E-state index contributed by atoms with van der Waals surface area (Å²) in [5.41, 5.74) is 11.0. The molecule has 5 aromatic rings. The Morgan fingerprint density at radius 3 is 2.65 bits per heavy atom. The molecule has 5 rings (SSSR count). The van der Waals surface area contributed by atoms with Gasteiger partial charge in [0.25, 0.3) is 0 Å². The van der Waals surface area contributed by atoms with Crippen LogP contribution in [0.5, 0.6) is 5.75 Å². The highest BCUT2D eigenvalue weighted by molar-refractivity contribution is 5.71. The topological polar surface area (TPSA) is 128 Å². The Balaban J connectivity index is 1.38. The Labute approximate surface area is 195 Å². The predicted molar refractivity (Wildman–Crippen MR) is 128 cm³/mol. The second-order valence-electron chi connectivity index (χ2n) is 7.35. The van der Waals surface area contributed by atoms with E-state index in [9.17, 15) is 0 Å². The molecule has 2 aromatic heterocycles. The molecule has 0 saturated heterocycles. The van der Waals surface area contributed by atoms with Crippen molar-refractivity contribution in [2.24, 2.45) is 0 Å². The SMILES string of the molecule is COc1cc(Nc2nc(N)n(-c3ccc(-c4cccc(C#N)c4)cc3)n2)ccc1-c1cnco1. The van der Waals surface area contributed by atoms with Crippen LogP contribution in [0.1, 0.15) is 5.56 Å². The number of ether oxygens (including phenoxy) is 1. The van der Waals surface area contributed by atoms with Crippen LogP contribution in [0.3, 0.4) is 0 Å². The second kappa shape index (κ2) is 8.80. The Morgan fingerprint density at radius 2 is 1.91 bits per heavy atom. The van der Waals surface area contributed by atoms with E-state index in [2.05, 4.69) is 26.5 Å². The third kappa shape index (κ3) is 4.03. The van der Waals surface area contributed by atoms with Crippen molar-refractivity contribution in [3.8, 4) is 40.0 Å². The van der Waals surface area contributed by atoms with E-state index in [0.29, 0.717) is 23.0 Å². The molecule has 0 radical (unpaired) electrons. The predicted octanol–water partition coefficient (Wildman–Crippen LogP) is 4.80. The number of nitrogens with zero attached hydrogens (tertiary/aromatic N) is 5. The fourth-order valence-electron chi connectivity index (χ4n) is 3.58. The minimum atomic E-state index is 0.243. The molecule has 3 N–H and O–H groups in total. The van der Waals surface area contributed by atoms with E-state index in [1.165, 1.54) is 6.39 Å². The van der Waals surface area contributed by atoms with Crippen molar-refractivity contribution in [1.82, 2.24) is 19.7 Å². The minimum absolute atomic E-state index is 0.243. The first-order valence-corrected chi connectivity index (χ1v) is 10.3. The van der Waals surface area contributed by atoms with E-state index < -0.39 is 0 Å². The smallest absolute Gasteiger partial charge is 0.248 e. The molecule has 9 heteroatoms. The number of rotatable bonds is 6. The Bertz CT molecular complexity index is 1480. The number of hydrogen-bond donors (Lipinski definition) is 2. The van der Waals surface area contributed by atoms with Crippen molar-refractivity contribution in [3.05, 3.63) is 84.9 Å². The molecule has 2 heterocycles. The quantitative estimate of drug-likeness (QED) is 0.378. The third-order valence-electron chi connectivity index (χ3n) is 5.22. The first-order valence-electron chi connectivity index (χ1n) is 10.3. The summed E-state index contributed by atoms with van der Waals surface area (Å²) < 4.78 is 12.4. The lowest BCUT2D eigenvalue weighted by Gasteiger charge is -2.09. The molecule has 9 nitrogen and oxygen atoms in total. The van der Waals surface area contributed by atoms with Gasteiger partial charge in [0.2, 0.25) is 11.9 Å². The zero-order valence-electron chi connectivity index (χ0n) is 18.1. The maximum atomic E-state index is 9.12. The largest absolute Gasteiger partial charge is 0.496 e. The standard InChI is InChI=1S/C25H19N7O2/c1-33-22-12-19(7-10-21(22)23-14-28-15-34-23)29-25-30-24(27)32(31-25)20-8-5-17(6-9-20)18-4-2-3-16(11-18)13-26/h2-12,14-15H,1H3,(H3,27,29,30,31). The van der Waals surface area contributed by atoms with Gasteiger partial charge in [0.15, 0.2) is 12.2 Å². The number of nitrogens with two attached hydrogens (primary N) is 1. The molecule has 0 saturated carbocycles. The van der Waals surface area contributed by atoms with Crippen molar-refractivity contribution in [1.29, 1.82) is 5.26 Å². The van der Waals surface area contributed by atoms with Crippen molar-refractivity contribution in [2.75, 3.05) is 18.2 Å². The first kappa shape index (κ1) is 20.8. The number of nitrogens with one attached hydrogen (secondary N) is 1. The summed E-state index contributed by atoms with van der Waals surface area (Å²) in [6.45, 7) is 0. The van der Waals surface area contributed by atoms with Crippen LogP contribution in [-0.4, -0.2) is 26.9 Å². The van der Waals surface area contributed by atoms with Crippen LogP contribution in [0, 0.1) is 11.3 Å². The molecule has 0 atom stereocenters. The Kier molecular flexibility index (Phi) is 5.38. The number of nitrogen functional groups attached to an aromatic ring is 1. The molecule has 0 bridgehead atoms. The molecular formula is C25H19N7O2. The van der Waals surface area contributed by atoms with Crippen molar-refractivity contribution >= 4 is 17.6 Å². The highest BCUT2D eigenvalue weighted by atomic mass is 16.5. The highest BCUT2D eigenvalue weighted by Gasteiger charge is 2.13. The van der Waals surface area contributed by atoms with Gasteiger partial charge in [-0.05, 0) is 47.5 Å². The second-order valence-corrected chi connectivity index (χ2v) is 7.35. The molecule has 0 aliphatic heterocycles. The van der Waals surface area contributed by atoms with Gasteiger partial charge in [0, 0.05) is 11.8 Å². The average molecular weight is 449 g/mol. The third-order valence-corrected chi connectivity index (χ3v) is 5.22. The number of benzene rings is 3. The van der Waals surface area contributed by atoms with Crippen LogP contribution < -0.4 is 15.8 Å². The van der Waals surface area contributed by atoms with E-state index in [4.69, 9.17) is 20.1 Å². The summed E-state index contributed by atoms with van der Waals surface area (Å²) in [5, 5.41) is 16.8. The van der Waals surface area contributed by atoms with E-state index >= 15 is 0 Å². The first-order chi connectivity index (χ1) is 16.6. The number of aromatic nitrogens is 4. The van der Waals surface area contributed by atoms with Crippen LogP contribution in [-0.2, 0) is 0 Å². The van der Waals surface area contributed by atoms with Crippen LogP contribution in [0.4, 0.5) is 17.6 Å². The van der Waals surface area contributed by atoms with Crippen LogP contribution in [0.25, 0.3) is 28.1 Å². The van der Waals surface area contributed by atoms with E-state index in [0.717, 1.165) is 28.1 Å². The summed E-state index contributed by atoms with van der Waals surface area (Å²) >= 11 is 0. The fraction of sp³-hybridized carbons (Fsp3) is 0.0400. The number of hydrogen-bond acceptors (Lipinski definition) is 8. The zero-order valence-corrected chi connectivity index (χ0v) is 18.1.